The van der Waals surface area contributed by atoms with Gasteiger partial charge in [-0.1, -0.05) is 0 Å². The summed E-state index contributed by atoms with van der Waals surface area (Å²) in [5, 5.41) is 3.45. The maximum atomic E-state index is 5.89. The largest absolute Gasteiger partial charge is 0.463 e. The first kappa shape index (κ1) is 13.6. The van der Waals surface area contributed by atoms with Gasteiger partial charge in [0.2, 0.25) is 0 Å². The second-order valence-corrected chi connectivity index (χ2v) is 6.43. The number of furan rings is 1. The second-order valence-electron chi connectivity index (χ2n) is 6.43. The smallest absolute Gasteiger partial charge is 0.118 e. The Bertz CT molecular complexity index is 378. The fraction of sp³-hybridized carbons (Fsp3) is 0.733. The third kappa shape index (κ3) is 3.85. The summed E-state index contributed by atoms with van der Waals surface area (Å²) < 4.78 is 5.89. The maximum absolute atomic E-state index is 5.89. The molecule has 1 fully saturated rings. The van der Waals surface area contributed by atoms with Crippen LogP contribution in [-0.2, 0) is 13.1 Å². The molecule has 1 N–H and O–H groups in total. The normalized spacial score (nSPS) is 21.7. The minimum Gasteiger partial charge on any atom is -0.463 e. The van der Waals surface area contributed by atoms with E-state index in [9.17, 15) is 0 Å². The monoisotopic (exact) mass is 250 g/mol. The maximum Gasteiger partial charge on any atom is 0.118 e. The van der Waals surface area contributed by atoms with E-state index in [1.165, 1.54) is 19.4 Å². The molecule has 2 rings (SSSR count). The quantitative estimate of drug-likeness (QED) is 0.890. The molecule has 0 aliphatic carbocycles. The highest BCUT2D eigenvalue weighted by Gasteiger charge is 2.21. The lowest BCUT2D eigenvalue weighted by Crippen LogP contribution is -2.34. The lowest BCUT2D eigenvalue weighted by Gasteiger charge is -2.20. The Labute approximate surface area is 111 Å². The van der Waals surface area contributed by atoms with Gasteiger partial charge in [0.15, 0.2) is 0 Å². The molecule has 0 radical (unpaired) electrons. The molecule has 3 heteroatoms. The third-order valence-electron chi connectivity index (χ3n) is 3.56. The van der Waals surface area contributed by atoms with Crippen LogP contribution in [0.2, 0.25) is 0 Å². The fourth-order valence-corrected chi connectivity index (χ4v) is 2.38. The summed E-state index contributed by atoms with van der Waals surface area (Å²) >= 11 is 0. The topological polar surface area (TPSA) is 28.4 Å². The van der Waals surface area contributed by atoms with E-state index in [-0.39, 0.29) is 5.54 Å². The summed E-state index contributed by atoms with van der Waals surface area (Å²) in [5.74, 6) is 2.13. The molecule has 1 aromatic heterocycles. The van der Waals surface area contributed by atoms with Crippen molar-refractivity contribution in [2.75, 3.05) is 6.54 Å². The Morgan fingerprint density at radius 1 is 1.33 bits per heavy atom. The van der Waals surface area contributed by atoms with Crippen molar-refractivity contribution in [1.29, 1.82) is 0 Å². The Morgan fingerprint density at radius 3 is 2.67 bits per heavy atom. The van der Waals surface area contributed by atoms with Gasteiger partial charge in [-0.2, -0.15) is 0 Å². The molecule has 0 amide bonds. The summed E-state index contributed by atoms with van der Waals surface area (Å²) in [7, 11) is 0. The van der Waals surface area contributed by atoms with Crippen molar-refractivity contribution in [3.63, 3.8) is 0 Å². The Hall–Kier alpha value is -0.800. The van der Waals surface area contributed by atoms with Crippen LogP contribution in [0.1, 0.15) is 52.1 Å². The van der Waals surface area contributed by atoms with Crippen molar-refractivity contribution < 1.29 is 4.42 Å². The number of nitrogens with one attached hydrogen (secondary N) is 1. The average Bonchev–Trinajstić information content (AvgIpc) is 2.86. The van der Waals surface area contributed by atoms with Gasteiger partial charge >= 0.3 is 0 Å². The molecule has 0 spiro atoms. The molecule has 1 saturated heterocycles. The highest BCUT2D eigenvalue weighted by molar-refractivity contribution is 5.07. The number of rotatable bonds is 4. The zero-order chi connectivity index (χ0) is 13.2. The summed E-state index contributed by atoms with van der Waals surface area (Å²) in [4.78, 5) is 2.50. The summed E-state index contributed by atoms with van der Waals surface area (Å²) in [6.45, 7) is 11.8. The van der Waals surface area contributed by atoms with E-state index in [4.69, 9.17) is 4.42 Å². The van der Waals surface area contributed by atoms with Crippen molar-refractivity contribution in [3.8, 4) is 0 Å². The van der Waals surface area contributed by atoms with Crippen LogP contribution in [-0.4, -0.2) is 23.0 Å². The van der Waals surface area contributed by atoms with Crippen molar-refractivity contribution in [2.45, 2.75) is 65.2 Å². The van der Waals surface area contributed by atoms with E-state index >= 15 is 0 Å². The van der Waals surface area contributed by atoms with Gasteiger partial charge in [0.1, 0.15) is 11.5 Å². The van der Waals surface area contributed by atoms with Crippen LogP contribution in [0.15, 0.2) is 16.5 Å². The zero-order valence-corrected chi connectivity index (χ0v) is 12.1. The van der Waals surface area contributed by atoms with Gasteiger partial charge in [-0.3, -0.25) is 4.90 Å². The predicted octanol–water partition coefficient (Wildman–Crippen LogP) is 3.15. The van der Waals surface area contributed by atoms with Crippen molar-refractivity contribution in [1.82, 2.24) is 10.2 Å². The van der Waals surface area contributed by atoms with Gasteiger partial charge in [0, 0.05) is 11.6 Å². The highest BCUT2D eigenvalue weighted by atomic mass is 16.3. The van der Waals surface area contributed by atoms with Gasteiger partial charge in [-0.05, 0) is 59.2 Å². The summed E-state index contributed by atoms with van der Waals surface area (Å²) in [5.41, 5.74) is 0.135. The first-order chi connectivity index (χ1) is 8.44. The van der Waals surface area contributed by atoms with Crippen LogP contribution in [0.25, 0.3) is 0 Å². The molecule has 102 valence electrons. The Morgan fingerprint density at radius 2 is 2.06 bits per heavy atom. The SMILES string of the molecule is CC1CCCN1Cc1ccc(CNC(C)(C)C)o1. The van der Waals surface area contributed by atoms with E-state index in [2.05, 4.69) is 50.0 Å². The molecular weight excluding hydrogens is 224 g/mol. The van der Waals surface area contributed by atoms with Crippen LogP contribution in [0, 0.1) is 0 Å². The summed E-state index contributed by atoms with van der Waals surface area (Å²) in [6, 6.07) is 4.91. The lowest BCUT2D eigenvalue weighted by molar-refractivity contribution is 0.235. The van der Waals surface area contributed by atoms with Gasteiger partial charge in [-0.15, -0.1) is 0 Å². The molecule has 1 atom stereocenters. The van der Waals surface area contributed by atoms with E-state index < -0.39 is 0 Å². The van der Waals surface area contributed by atoms with Crippen molar-refractivity contribution in [2.24, 2.45) is 0 Å². The minimum atomic E-state index is 0.135. The zero-order valence-electron chi connectivity index (χ0n) is 12.1. The number of hydrogen-bond donors (Lipinski definition) is 1. The Balaban J connectivity index is 1.86. The van der Waals surface area contributed by atoms with Gasteiger partial charge < -0.3 is 9.73 Å². The molecule has 0 aromatic carbocycles. The molecule has 2 heterocycles. The number of nitrogens with zero attached hydrogens (tertiary/aromatic N) is 1. The highest BCUT2D eigenvalue weighted by Crippen LogP contribution is 2.20. The van der Waals surface area contributed by atoms with Crippen LogP contribution in [0.4, 0.5) is 0 Å². The molecule has 0 saturated carbocycles. The molecule has 1 unspecified atom stereocenters. The first-order valence-corrected chi connectivity index (χ1v) is 7.01. The molecule has 3 nitrogen and oxygen atoms in total. The predicted molar refractivity (Wildman–Crippen MR) is 74.4 cm³/mol. The molecular formula is C15H26N2O. The molecule has 1 aromatic rings. The van der Waals surface area contributed by atoms with E-state index in [1.807, 2.05) is 0 Å². The number of likely N-dealkylation sites (tertiary alicyclic amines) is 1. The van der Waals surface area contributed by atoms with Crippen molar-refractivity contribution >= 4 is 0 Å². The number of hydrogen-bond acceptors (Lipinski definition) is 3. The van der Waals surface area contributed by atoms with Crippen LogP contribution in [0.3, 0.4) is 0 Å². The minimum absolute atomic E-state index is 0.135. The third-order valence-corrected chi connectivity index (χ3v) is 3.56. The van der Waals surface area contributed by atoms with Gasteiger partial charge in [-0.25, -0.2) is 0 Å². The molecule has 1 aliphatic heterocycles. The molecule has 1 aliphatic rings. The lowest BCUT2D eigenvalue weighted by atomic mass is 10.1. The van der Waals surface area contributed by atoms with E-state index in [0.717, 1.165) is 24.6 Å². The average molecular weight is 250 g/mol. The van der Waals surface area contributed by atoms with Crippen LogP contribution >= 0.6 is 0 Å². The second kappa shape index (κ2) is 5.45. The standard InChI is InChI=1S/C15H26N2O/c1-12-6-5-9-17(12)11-14-8-7-13(18-14)10-16-15(2,3)4/h7-8,12,16H,5-6,9-11H2,1-4H3. The van der Waals surface area contributed by atoms with E-state index in [0.29, 0.717) is 6.04 Å². The Kier molecular flexibility index (Phi) is 4.13. The van der Waals surface area contributed by atoms with Crippen LogP contribution < -0.4 is 5.32 Å². The molecule has 0 bridgehead atoms. The van der Waals surface area contributed by atoms with Crippen LogP contribution in [0.5, 0.6) is 0 Å². The van der Waals surface area contributed by atoms with Crippen molar-refractivity contribution in [3.05, 3.63) is 23.7 Å². The van der Waals surface area contributed by atoms with Gasteiger partial charge in [0.25, 0.3) is 0 Å². The van der Waals surface area contributed by atoms with Gasteiger partial charge in [0.05, 0.1) is 13.1 Å². The summed E-state index contributed by atoms with van der Waals surface area (Å²) in [6.07, 6.45) is 2.64. The fourth-order valence-electron chi connectivity index (χ4n) is 2.38. The van der Waals surface area contributed by atoms with E-state index in [1.54, 1.807) is 0 Å². The molecule has 18 heavy (non-hydrogen) atoms. The first-order valence-electron chi connectivity index (χ1n) is 7.01.